The predicted molar refractivity (Wildman–Crippen MR) is 74.6 cm³/mol. The molecule has 0 saturated heterocycles. The van der Waals surface area contributed by atoms with Crippen molar-refractivity contribution in [2.75, 3.05) is 0 Å². The molecule has 18 heavy (non-hydrogen) atoms. The van der Waals surface area contributed by atoms with E-state index >= 15 is 0 Å². The van der Waals surface area contributed by atoms with Crippen molar-refractivity contribution < 1.29 is 0 Å². The summed E-state index contributed by atoms with van der Waals surface area (Å²) in [5.41, 5.74) is 10.8. The van der Waals surface area contributed by atoms with E-state index in [4.69, 9.17) is 22.3 Å². The summed E-state index contributed by atoms with van der Waals surface area (Å²) in [6.07, 6.45) is 8.75. The summed E-state index contributed by atoms with van der Waals surface area (Å²) in [5.74, 6) is 0.154. The summed E-state index contributed by atoms with van der Waals surface area (Å²) in [6, 6.07) is 0.694. The Labute approximate surface area is 109 Å². The summed E-state index contributed by atoms with van der Waals surface area (Å²) in [6.45, 7) is 0. The summed E-state index contributed by atoms with van der Waals surface area (Å²) < 4.78 is 0. The van der Waals surface area contributed by atoms with Gasteiger partial charge < -0.3 is 22.1 Å². The first-order valence-electron chi connectivity index (χ1n) is 6.79. The van der Waals surface area contributed by atoms with Crippen LogP contribution in [0.1, 0.15) is 51.4 Å². The Balaban J connectivity index is 2.35. The SMILES string of the molecule is N=C(N)NC1CCCCC(NC(=N)N)CCCC1. The van der Waals surface area contributed by atoms with Crippen LogP contribution in [0.4, 0.5) is 0 Å². The number of hydrogen-bond donors (Lipinski definition) is 6. The Kier molecular flexibility index (Phi) is 6.32. The van der Waals surface area contributed by atoms with Crippen molar-refractivity contribution in [1.82, 2.24) is 10.6 Å². The molecule has 6 nitrogen and oxygen atoms in total. The van der Waals surface area contributed by atoms with Gasteiger partial charge in [-0.05, 0) is 25.7 Å². The number of nitrogens with two attached hydrogens (primary N) is 2. The molecule has 0 aromatic rings. The maximum Gasteiger partial charge on any atom is 0.185 e. The molecule has 0 heterocycles. The zero-order chi connectivity index (χ0) is 13.4. The highest BCUT2D eigenvalue weighted by molar-refractivity contribution is 5.74. The lowest BCUT2D eigenvalue weighted by Crippen LogP contribution is -2.41. The fourth-order valence-electron chi connectivity index (χ4n) is 2.58. The van der Waals surface area contributed by atoms with Gasteiger partial charge in [-0.15, -0.1) is 0 Å². The van der Waals surface area contributed by atoms with Crippen molar-refractivity contribution >= 4 is 11.9 Å². The van der Waals surface area contributed by atoms with Gasteiger partial charge in [0, 0.05) is 12.1 Å². The molecule has 0 aromatic heterocycles. The summed E-state index contributed by atoms with van der Waals surface area (Å²) in [7, 11) is 0. The predicted octanol–water partition coefficient (Wildman–Crippen LogP) is 0.824. The van der Waals surface area contributed by atoms with Crippen molar-refractivity contribution in [3.8, 4) is 0 Å². The molecular formula is C12H26N6. The lowest BCUT2D eigenvalue weighted by molar-refractivity contribution is 0.400. The molecule has 1 saturated carbocycles. The third-order valence-corrected chi connectivity index (χ3v) is 3.43. The van der Waals surface area contributed by atoms with Crippen LogP contribution in [-0.4, -0.2) is 24.0 Å². The largest absolute Gasteiger partial charge is 0.370 e. The molecule has 6 heteroatoms. The van der Waals surface area contributed by atoms with Crippen LogP contribution in [0.25, 0.3) is 0 Å². The smallest absolute Gasteiger partial charge is 0.185 e. The highest BCUT2D eigenvalue weighted by atomic mass is 15.1. The maximum absolute atomic E-state index is 7.28. The van der Waals surface area contributed by atoms with Gasteiger partial charge in [0.15, 0.2) is 11.9 Å². The third-order valence-electron chi connectivity index (χ3n) is 3.43. The minimum atomic E-state index is 0.0770. The third kappa shape index (κ3) is 6.32. The van der Waals surface area contributed by atoms with Gasteiger partial charge in [0.2, 0.25) is 0 Å². The lowest BCUT2D eigenvalue weighted by Gasteiger charge is -2.23. The molecule has 0 aliphatic heterocycles. The zero-order valence-electron chi connectivity index (χ0n) is 11.0. The van der Waals surface area contributed by atoms with Crippen LogP contribution in [0, 0.1) is 10.8 Å². The Morgan fingerprint density at radius 3 is 1.22 bits per heavy atom. The van der Waals surface area contributed by atoms with Crippen molar-refractivity contribution in [1.29, 1.82) is 10.8 Å². The summed E-state index contributed by atoms with van der Waals surface area (Å²) in [5, 5.41) is 20.6. The molecular weight excluding hydrogens is 228 g/mol. The Morgan fingerprint density at radius 1 is 0.722 bits per heavy atom. The molecule has 0 radical (unpaired) electrons. The minimum absolute atomic E-state index is 0.0770. The van der Waals surface area contributed by atoms with Gasteiger partial charge in [-0.3, -0.25) is 10.8 Å². The Bertz CT molecular complexity index is 238. The van der Waals surface area contributed by atoms with E-state index in [0.29, 0.717) is 12.1 Å². The molecule has 0 bridgehead atoms. The normalized spacial score (nSPS) is 26.0. The van der Waals surface area contributed by atoms with Crippen molar-refractivity contribution in [2.45, 2.75) is 63.5 Å². The van der Waals surface area contributed by atoms with E-state index in [9.17, 15) is 0 Å². The molecule has 0 spiro atoms. The number of nitrogens with one attached hydrogen (secondary N) is 4. The van der Waals surface area contributed by atoms with Gasteiger partial charge in [0.25, 0.3) is 0 Å². The number of hydrogen-bond acceptors (Lipinski definition) is 2. The molecule has 8 N–H and O–H groups in total. The van der Waals surface area contributed by atoms with Gasteiger partial charge in [-0.1, -0.05) is 25.7 Å². The Morgan fingerprint density at radius 2 is 1.00 bits per heavy atom. The fourth-order valence-corrected chi connectivity index (χ4v) is 2.58. The molecule has 1 fully saturated rings. The van der Waals surface area contributed by atoms with Crippen LogP contribution in [0.2, 0.25) is 0 Å². The molecule has 0 aromatic carbocycles. The van der Waals surface area contributed by atoms with Gasteiger partial charge in [-0.2, -0.15) is 0 Å². The van der Waals surface area contributed by atoms with Gasteiger partial charge in [0.1, 0.15) is 0 Å². The van der Waals surface area contributed by atoms with E-state index in [1.807, 2.05) is 0 Å². The highest BCUT2D eigenvalue weighted by Gasteiger charge is 2.14. The first kappa shape index (κ1) is 14.6. The quantitative estimate of drug-likeness (QED) is 0.322. The second-order valence-electron chi connectivity index (χ2n) is 5.08. The van der Waals surface area contributed by atoms with Crippen LogP contribution >= 0.6 is 0 Å². The first-order valence-corrected chi connectivity index (χ1v) is 6.79. The monoisotopic (exact) mass is 254 g/mol. The molecule has 104 valence electrons. The second kappa shape index (κ2) is 7.79. The van der Waals surface area contributed by atoms with Crippen LogP contribution in [0.15, 0.2) is 0 Å². The topological polar surface area (TPSA) is 124 Å². The van der Waals surface area contributed by atoms with E-state index in [1.54, 1.807) is 0 Å². The summed E-state index contributed by atoms with van der Waals surface area (Å²) in [4.78, 5) is 0. The van der Waals surface area contributed by atoms with Crippen molar-refractivity contribution in [2.24, 2.45) is 11.5 Å². The van der Waals surface area contributed by atoms with E-state index < -0.39 is 0 Å². The number of rotatable bonds is 2. The lowest BCUT2D eigenvalue weighted by atomic mass is 9.95. The van der Waals surface area contributed by atoms with Crippen LogP contribution in [-0.2, 0) is 0 Å². The number of guanidine groups is 2. The zero-order valence-corrected chi connectivity index (χ0v) is 11.0. The van der Waals surface area contributed by atoms with Crippen molar-refractivity contribution in [3.63, 3.8) is 0 Å². The standard InChI is InChI=1S/C12H26N6/c13-11(14)17-9-5-1-2-6-10(18-12(15)16)8-4-3-7-9/h9-10H,1-8H2,(H4,13,14,17)(H4,15,16,18). The van der Waals surface area contributed by atoms with Gasteiger partial charge >= 0.3 is 0 Å². The summed E-state index contributed by atoms with van der Waals surface area (Å²) >= 11 is 0. The molecule has 0 unspecified atom stereocenters. The van der Waals surface area contributed by atoms with Gasteiger partial charge in [-0.25, -0.2) is 0 Å². The molecule has 1 aliphatic rings. The highest BCUT2D eigenvalue weighted by Crippen LogP contribution is 2.17. The molecule has 0 amide bonds. The molecule has 1 rings (SSSR count). The van der Waals surface area contributed by atoms with Crippen LogP contribution in [0.3, 0.4) is 0 Å². The average Bonchev–Trinajstić information content (AvgIpc) is 2.27. The average molecular weight is 254 g/mol. The molecule has 0 atom stereocenters. The van der Waals surface area contributed by atoms with Crippen LogP contribution < -0.4 is 22.1 Å². The first-order chi connectivity index (χ1) is 8.58. The van der Waals surface area contributed by atoms with E-state index in [-0.39, 0.29) is 11.9 Å². The minimum Gasteiger partial charge on any atom is -0.370 e. The Hall–Kier alpha value is -1.46. The fraction of sp³-hybridized carbons (Fsp3) is 0.833. The van der Waals surface area contributed by atoms with E-state index in [0.717, 1.165) is 51.4 Å². The van der Waals surface area contributed by atoms with Gasteiger partial charge in [0.05, 0.1) is 0 Å². The van der Waals surface area contributed by atoms with E-state index in [1.165, 1.54) is 0 Å². The molecule has 1 aliphatic carbocycles. The van der Waals surface area contributed by atoms with E-state index in [2.05, 4.69) is 10.6 Å². The van der Waals surface area contributed by atoms with Crippen molar-refractivity contribution in [3.05, 3.63) is 0 Å². The maximum atomic E-state index is 7.28. The van der Waals surface area contributed by atoms with Crippen LogP contribution in [0.5, 0.6) is 0 Å². The second-order valence-corrected chi connectivity index (χ2v) is 5.08.